The van der Waals surface area contributed by atoms with E-state index in [0.29, 0.717) is 5.89 Å². The summed E-state index contributed by atoms with van der Waals surface area (Å²) in [6, 6.07) is 52.6. The molecule has 0 amide bonds. The second kappa shape index (κ2) is 12.7. The molecule has 4 heteroatoms. The standard InChI is InChI=1S/C51H32N2O2/c1-3-12-33(13-4-1)37-16-11-17-38(30-37)41-18-7-9-20-46(41)53(40-27-28-43-42-19-8-10-21-47(42)54-48(43)32-40)39-26-24-34-22-23-35-25-29-45-50(49(35)44(34)31-39)55-51(52-45)36-14-5-2-6-15-36/h1-10,12-16,18-23,25,27-32H,11,17H2. The monoisotopic (exact) mass is 704 g/mol. The van der Waals surface area contributed by atoms with E-state index in [9.17, 15) is 0 Å². The highest BCUT2D eigenvalue weighted by Crippen LogP contribution is 2.42. The molecule has 258 valence electrons. The molecule has 2 aliphatic carbocycles. The van der Waals surface area contributed by atoms with Crippen molar-refractivity contribution in [3.8, 4) is 11.5 Å². The third kappa shape index (κ3) is 5.29. The summed E-state index contributed by atoms with van der Waals surface area (Å²) in [7, 11) is 0. The largest absolute Gasteiger partial charge is 0.456 e. The maximum Gasteiger partial charge on any atom is 0.227 e. The van der Waals surface area contributed by atoms with Crippen molar-refractivity contribution >= 4 is 78.1 Å². The lowest BCUT2D eigenvalue weighted by atomic mass is 9.89. The highest BCUT2D eigenvalue weighted by molar-refractivity contribution is 6.07. The highest BCUT2D eigenvalue weighted by atomic mass is 16.3. The minimum atomic E-state index is 0.603. The van der Waals surface area contributed by atoms with Crippen LogP contribution >= 0.6 is 0 Å². The molecule has 0 fully saturated rings. The van der Waals surface area contributed by atoms with Gasteiger partial charge in [-0.3, -0.25) is 0 Å². The van der Waals surface area contributed by atoms with Crippen molar-refractivity contribution in [3.05, 3.63) is 197 Å². The normalized spacial score (nSPS) is 13.6. The fraction of sp³-hybridized carbons (Fsp3) is 0.0392. The lowest BCUT2D eigenvalue weighted by molar-refractivity contribution is 0.623. The summed E-state index contributed by atoms with van der Waals surface area (Å²) in [5.41, 5.74) is 19.2. The van der Waals surface area contributed by atoms with Crippen LogP contribution in [0.15, 0.2) is 184 Å². The van der Waals surface area contributed by atoms with Crippen molar-refractivity contribution in [2.24, 2.45) is 0 Å². The Hall–Kier alpha value is -7.35. The van der Waals surface area contributed by atoms with Gasteiger partial charge in [0.15, 0.2) is 5.58 Å². The molecule has 0 saturated heterocycles. The van der Waals surface area contributed by atoms with Crippen LogP contribution < -0.4 is 15.3 Å². The summed E-state index contributed by atoms with van der Waals surface area (Å²) in [5.74, 6) is 0.603. The van der Waals surface area contributed by atoms with Crippen LogP contribution in [0, 0.1) is 0 Å². The van der Waals surface area contributed by atoms with Gasteiger partial charge in [0.2, 0.25) is 5.89 Å². The molecule has 55 heavy (non-hydrogen) atoms. The van der Waals surface area contributed by atoms with Gasteiger partial charge in [0, 0.05) is 43.8 Å². The Morgan fingerprint density at radius 1 is 0.618 bits per heavy atom. The molecule has 0 unspecified atom stereocenters. The number of aromatic nitrogens is 1. The number of hydrogen-bond acceptors (Lipinski definition) is 4. The lowest BCUT2D eigenvalue weighted by Gasteiger charge is -2.29. The molecule has 2 aromatic heterocycles. The van der Waals surface area contributed by atoms with Gasteiger partial charge in [-0.05, 0) is 95.3 Å². The molecule has 0 saturated carbocycles. The molecule has 2 heterocycles. The Morgan fingerprint density at radius 2 is 1.38 bits per heavy atom. The first-order chi connectivity index (χ1) is 27.2. The van der Waals surface area contributed by atoms with Crippen LogP contribution in [0.5, 0.6) is 0 Å². The van der Waals surface area contributed by atoms with Crippen molar-refractivity contribution in [1.29, 1.82) is 0 Å². The topological polar surface area (TPSA) is 42.4 Å². The van der Waals surface area contributed by atoms with Gasteiger partial charge in [0.1, 0.15) is 16.7 Å². The molecule has 0 bridgehead atoms. The molecule has 0 radical (unpaired) electrons. The van der Waals surface area contributed by atoms with Crippen LogP contribution in [0.3, 0.4) is 0 Å². The smallest absolute Gasteiger partial charge is 0.227 e. The number of rotatable bonds is 6. The number of hydrogen-bond donors (Lipinski definition) is 0. The molecule has 7 aromatic carbocycles. The second-order valence-electron chi connectivity index (χ2n) is 14.1. The fourth-order valence-corrected chi connectivity index (χ4v) is 8.16. The molecule has 2 aliphatic rings. The summed E-state index contributed by atoms with van der Waals surface area (Å²) in [6.07, 6.45) is 8.83. The van der Waals surface area contributed by atoms with Gasteiger partial charge in [-0.1, -0.05) is 115 Å². The third-order valence-electron chi connectivity index (χ3n) is 10.8. The number of oxazole rings is 1. The van der Waals surface area contributed by atoms with Crippen LogP contribution in [-0.4, -0.2) is 4.98 Å². The van der Waals surface area contributed by atoms with E-state index in [-0.39, 0.29) is 0 Å². The SMILES string of the molecule is C1=C=c2ccc3ccc4nc(-c5ccccc5)oc4c3c2=CC=1N(c1ccc2c(c1)oc1ccccc12)c1ccccc1C1=CC(c2ccccc2)=CCC1. The first-order valence-corrected chi connectivity index (χ1v) is 18.7. The Kier molecular flexibility index (Phi) is 7.18. The van der Waals surface area contributed by atoms with Crippen molar-refractivity contribution in [2.45, 2.75) is 12.8 Å². The van der Waals surface area contributed by atoms with Gasteiger partial charge in [0.05, 0.1) is 17.1 Å². The zero-order valence-corrected chi connectivity index (χ0v) is 29.8. The van der Waals surface area contributed by atoms with Crippen LogP contribution in [-0.2, 0) is 0 Å². The van der Waals surface area contributed by atoms with E-state index in [1.54, 1.807) is 0 Å². The van der Waals surface area contributed by atoms with Gasteiger partial charge < -0.3 is 13.7 Å². The van der Waals surface area contributed by atoms with E-state index in [1.165, 1.54) is 22.3 Å². The predicted molar refractivity (Wildman–Crippen MR) is 225 cm³/mol. The molecule has 0 atom stereocenters. The summed E-state index contributed by atoms with van der Waals surface area (Å²) in [5, 5.41) is 6.24. The molecule has 9 aromatic rings. The number of nitrogens with zero attached hydrogens (tertiary/aromatic N) is 2. The number of allylic oxidation sites excluding steroid dienone is 5. The Bertz CT molecular complexity index is 3280. The number of para-hydroxylation sites is 2. The van der Waals surface area contributed by atoms with Crippen molar-refractivity contribution in [2.75, 3.05) is 4.90 Å². The van der Waals surface area contributed by atoms with Crippen LogP contribution in [0.2, 0.25) is 0 Å². The minimum Gasteiger partial charge on any atom is -0.456 e. The average molecular weight is 705 g/mol. The molecule has 0 aliphatic heterocycles. The third-order valence-corrected chi connectivity index (χ3v) is 10.8. The van der Waals surface area contributed by atoms with E-state index >= 15 is 0 Å². The van der Waals surface area contributed by atoms with Crippen molar-refractivity contribution < 1.29 is 8.83 Å². The van der Waals surface area contributed by atoms with Crippen molar-refractivity contribution in [1.82, 2.24) is 4.98 Å². The summed E-state index contributed by atoms with van der Waals surface area (Å²) in [4.78, 5) is 7.21. The van der Waals surface area contributed by atoms with E-state index in [0.717, 1.165) is 89.7 Å². The molecular formula is C51H32N2O2. The van der Waals surface area contributed by atoms with Gasteiger partial charge in [-0.2, -0.15) is 0 Å². The first-order valence-electron chi connectivity index (χ1n) is 18.7. The van der Waals surface area contributed by atoms with E-state index in [4.69, 9.17) is 13.8 Å². The van der Waals surface area contributed by atoms with Gasteiger partial charge in [0.25, 0.3) is 0 Å². The molecule has 4 nitrogen and oxygen atoms in total. The fourth-order valence-electron chi connectivity index (χ4n) is 8.16. The van der Waals surface area contributed by atoms with Gasteiger partial charge >= 0.3 is 0 Å². The lowest BCUT2D eigenvalue weighted by Crippen LogP contribution is -2.28. The maximum atomic E-state index is 6.59. The number of fused-ring (bicyclic) bond motifs is 8. The van der Waals surface area contributed by atoms with E-state index in [2.05, 4.69) is 138 Å². The Labute approximate surface area is 316 Å². The first kappa shape index (κ1) is 31.2. The second-order valence-corrected chi connectivity index (χ2v) is 14.1. The van der Waals surface area contributed by atoms with Crippen LogP contribution in [0.25, 0.3) is 78.2 Å². The van der Waals surface area contributed by atoms with Crippen LogP contribution in [0.1, 0.15) is 24.0 Å². The predicted octanol–water partition coefficient (Wildman–Crippen LogP) is 11.9. The van der Waals surface area contributed by atoms with Gasteiger partial charge in [-0.15, -0.1) is 0 Å². The molecule has 11 rings (SSSR count). The van der Waals surface area contributed by atoms with E-state index in [1.807, 2.05) is 48.5 Å². The van der Waals surface area contributed by atoms with Crippen molar-refractivity contribution in [3.63, 3.8) is 0 Å². The molecular weight excluding hydrogens is 673 g/mol. The summed E-state index contributed by atoms with van der Waals surface area (Å²) >= 11 is 0. The number of furan rings is 1. The van der Waals surface area contributed by atoms with E-state index < -0.39 is 0 Å². The molecule has 0 spiro atoms. The number of anilines is 2. The Morgan fingerprint density at radius 3 is 2.27 bits per heavy atom. The zero-order valence-electron chi connectivity index (χ0n) is 29.8. The zero-order chi connectivity index (χ0) is 36.3. The average Bonchev–Trinajstić information content (AvgIpc) is 3.86. The highest BCUT2D eigenvalue weighted by Gasteiger charge is 2.23. The number of benzene rings is 7. The molecule has 0 N–H and O–H groups in total. The minimum absolute atomic E-state index is 0.603. The Balaban J connectivity index is 1.14. The quantitative estimate of drug-likeness (QED) is 0.162. The maximum absolute atomic E-state index is 6.59. The van der Waals surface area contributed by atoms with Gasteiger partial charge in [-0.25, -0.2) is 4.98 Å². The summed E-state index contributed by atoms with van der Waals surface area (Å²) in [6.45, 7) is 0. The summed E-state index contributed by atoms with van der Waals surface area (Å²) < 4.78 is 13.0. The van der Waals surface area contributed by atoms with Crippen LogP contribution in [0.4, 0.5) is 11.4 Å².